The van der Waals surface area contributed by atoms with Crippen molar-refractivity contribution in [2.75, 3.05) is 20.1 Å². The highest BCUT2D eigenvalue weighted by atomic mass is 19.1. The molecular formula is C22H27F2N5O3. The van der Waals surface area contributed by atoms with Crippen LogP contribution in [0.25, 0.3) is 11.5 Å². The standard InChI is InChI=1S/C22H27F2N5O3/c1-25-19(30)16-12-29(14-5-3-2-4-6-14)10-9-18(16)26-20(31)22-28-27-21(32-22)15-8-7-13(23)11-17(15)24/h7-8,11,14,16,18H,2-6,9-10,12H2,1H3,(H,25,30)(H,26,31)/t16-,18-/m0/s1. The van der Waals surface area contributed by atoms with E-state index in [1.54, 1.807) is 7.05 Å². The van der Waals surface area contributed by atoms with Gasteiger partial charge >= 0.3 is 11.8 Å². The maximum Gasteiger partial charge on any atom is 0.309 e. The number of carbonyl (C=O) groups excluding carboxylic acids is 2. The Bertz CT molecular complexity index is 976. The van der Waals surface area contributed by atoms with Crippen molar-refractivity contribution in [1.29, 1.82) is 0 Å². The van der Waals surface area contributed by atoms with Crippen LogP contribution in [0.3, 0.4) is 0 Å². The van der Waals surface area contributed by atoms with Gasteiger partial charge in [0.25, 0.3) is 5.89 Å². The Morgan fingerprint density at radius 2 is 1.91 bits per heavy atom. The van der Waals surface area contributed by atoms with Crippen molar-refractivity contribution < 1.29 is 22.8 Å². The Morgan fingerprint density at radius 1 is 1.12 bits per heavy atom. The van der Waals surface area contributed by atoms with Crippen molar-refractivity contribution in [2.24, 2.45) is 5.92 Å². The smallest absolute Gasteiger partial charge is 0.309 e. The van der Waals surface area contributed by atoms with Crippen molar-refractivity contribution in [2.45, 2.75) is 50.6 Å². The molecule has 2 fully saturated rings. The summed E-state index contributed by atoms with van der Waals surface area (Å²) in [7, 11) is 1.59. The van der Waals surface area contributed by atoms with E-state index in [0.717, 1.165) is 25.5 Å². The van der Waals surface area contributed by atoms with Gasteiger partial charge in [-0.15, -0.1) is 10.2 Å². The summed E-state index contributed by atoms with van der Waals surface area (Å²) in [4.78, 5) is 27.7. The van der Waals surface area contributed by atoms with Crippen LogP contribution >= 0.6 is 0 Å². The van der Waals surface area contributed by atoms with Crippen molar-refractivity contribution in [1.82, 2.24) is 25.7 Å². The lowest BCUT2D eigenvalue weighted by atomic mass is 9.87. The van der Waals surface area contributed by atoms with Gasteiger partial charge < -0.3 is 15.1 Å². The normalized spacial score (nSPS) is 22.5. The summed E-state index contributed by atoms with van der Waals surface area (Å²) in [6, 6.07) is 3.03. The minimum absolute atomic E-state index is 0.0954. The molecule has 1 aliphatic heterocycles. The van der Waals surface area contributed by atoms with Crippen molar-refractivity contribution in [3.63, 3.8) is 0 Å². The molecule has 0 radical (unpaired) electrons. The molecule has 0 spiro atoms. The second-order valence-corrected chi connectivity index (χ2v) is 8.41. The van der Waals surface area contributed by atoms with Crippen molar-refractivity contribution in [3.05, 3.63) is 35.7 Å². The third-order valence-electron chi connectivity index (χ3n) is 6.42. The first-order valence-corrected chi connectivity index (χ1v) is 11.0. The number of likely N-dealkylation sites (tertiary alicyclic amines) is 1. The van der Waals surface area contributed by atoms with Crippen LogP contribution in [0.5, 0.6) is 0 Å². The zero-order chi connectivity index (χ0) is 22.7. The second-order valence-electron chi connectivity index (χ2n) is 8.41. The van der Waals surface area contributed by atoms with Crippen LogP contribution in [0, 0.1) is 17.6 Å². The highest BCUT2D eigenvalue weighted by molar-refractivity contribution is 5.90. The van der Waals surface area contributed by atoms with E-state index >= 15 is 0 Å². The molecule has 1 aliphatic carbocycles. The maximum absolute atomic E-state index is 14.0. The van der Waals surface area contributed by atoms with Gasteiger partial charge in [-0.2, -0.15) is 0 Å². The lowest BCUT2D eigenvalue weighted by molar-refractivity contribution is -0.127. The first-order chi connectivity index (χ1) is 15.5. The summed E-state index contributed by atoms with van der Waals surface area (Å²) in [5.41, 5.74) is -0.0954. The molecular weight excluding hydrogens is 420 g/mol. The Hall–Kier alpha value is -2.88. The number of nitrogens with one attached hydrogen (secondary N) is 2. The van der Waals surface area contributed by atoms with Gasteiger partial charge in [-0.05, 0) is 31.4 Å². The minimum atomic E-state index is -0.865. The molecule has 0 bridgehead atoms. The number of amides is 2. The fraction of sp³-hybridized carbons (Fsp3) is 0.545. The monoisotopic (exact) mass is 447 g/mol. The molecule has 8 nitrogen and oxygen atoms in total. The van der Waals surface area contributed by atoms with Gasteiger partial charge in [-0.3, -0.25) is 14.5 Å². The van der Waals surface area contributed by atoms with E-state index in [9.17, 15) is 18.4 Å². The number of benzene rings is 1. The molecule has 2 aliphatic rings. The van der Waals surface area contributed by atoms with E-state index in [4.69, 9.17) is 4.42 Å². The highest BCUT2D eigenvalue weighted by Gasteiger charge is 2.38. The third-order valence-corrected chi connectivity index (χ3v) is 6.42. The predicted octanol–water partition coefficient (Wildman–Crippen LogP) is 2.51. The lowest BCUT2D eigenvalue weighted by Crippen LogP contribution is -2.57. The van der Waals surface area contributed by atoms with Crippen molar-refractivity contribution >= 4 is 11.8 Å². The van der Waals surface area contributed by atoms with Gasteiger partial charge in [-0.1, -0.05) is 19.3 Å². The topological polar surface area (TPSA) is 100 Å². The number of rotatable bonds is 5. The quantitative estimate of drug-likeness (QED) is 0.731. The van der Waals surface area contributed by atoms with Crippen LogP contribution in [0.15, 0.2) is 22.6 Å². The SMILES string of the molecule is CNC(=O)[C@H]1CN(C2CCCCC2)CC[C@@H]1NC(=O)c1nnc(-c2ccc(F)cc2F)o1. The van der Waals surface area contributed by atoms with Crippen LogP contribution in [0.4, 0.5) is 8.78 Å². The van der Waals surface area contributed by atoms with Gasteiger partial charge in [0.2, 0.25) is 5.91 Å². The molecule has 172 valence electrons. The number of halogens is 2. The molecule has 4 rings (SSSR count). The molecule has 1 saturated heterocycles. The number of aromatic nitrogens is 2. The fourth-order valence-corrected chi connectivity index (χ4v) is 4.70. The molecule has 2 aromatic rings. The first-order valence-electron chi connectivity index (χ1n) is 11.0. The summed E-state index contributed by atoms with van der Waals surface area (Å²) in [6.07, 6.45) is 6.58. The van der Waals surface area contributed by atoms with Crippen LogP contribution in [0.1, 0.15) is 49.2 Å². The van der Waals surface area contributed by atoms with Gasteiger partial charge in [0.05, 0.1) is 11.5 Å². The lowest BCUT2D eigenvalue weighted by Gasteiger charge is -2.42. The number of hydrogen-bond acceptors (Lipinski definition) is 6. The van der Waals surface area contributed by atoms with Gasteiger partial charge in [0.1, 0.15) is 11.6 Å². The molecule has 2 N–H and O–H groups in total. The summed E-state index contributed by atoms with van der Waals surface area (Å²) in [5.74, 6) is -3.32. The number of hydrogen-bond donors (Lipinski definition) is 2. The summed E-state index contributed by atoms with van der Waals surface area (Å²) in [5, 5.41) is 12.9. The fourth-order valence-electron chi connectivity index (χ4n) is 4.70. The molecule has 32 heavy (non-hydrogen) atoms. The average molecular weight is 447 g/mol. The van der Waals surface area contributed by atoms with Gasteiger partial charge in [0, 0.05) is 38.3 Å². The second kappa shape index (κ2) is 9.72. The molecule has 2 atom stereocenters. The molecule has 1 aromatic carbocycles. The first kappa shape index (κ1) is 22.3. The average Bonchev–Trinajstić information content (AvgIpc) is 3.29. The minimum Gasteiger partial charge on any atom is -0.412 e. The van der Waals surface area contributed by atoms with Gasteiger partial charge in [-0.25, -0.2) is 8.78 Å². The Labute approximate surface area is 184 Å². The number of nitrogens with zero attached hydrogens (tertiary/aromatic N) is 3. The Balaban J connectivity index is 1.44. The van der Waals surface area contributed by atoms with E-state index in [-0.39, 0.29) is 29.3 Å². The summed E-state index contributed by atoms with van der Waals surface area (Å²) >= 11 is 0. The van der Waals surface area contributed by atoms with E-state index in [0.29, 0.717) is 25.1 Å². The number of piperidine rings is 1. The summed E-state index contributed by atoms with van der Waals surface area (Å²) < 4.78 is 32.4. The van der Waals surface area contributed by atoms with Crippen LogP contribution in [0.2, 0.25) is 0 Å². The van der Waals surface area contributed by atoms with Gasteiger partial charge in [0.15, 0.2) is 0 Å². The zero-order valence-electron chi connectivity index (χ0n) is 17.9. The molecule has 0 unspecified atom stereocenters. The third kappa shape index (κ3) is 4.79. The van der Waals surface area contributed by atoms with Crippen molar-refractivity contribution in [3.8, 4) is 11.5 Å². The molecule has 10 heteroatoms. The molecule has 2 heterocycles. The van der Waals surface area contributed by atoms with Crippen LogP contribution < -0.4 is 10.6 Å². The number of carbonyl (C=O) groups is 2. The Morgan fingerprint density at radius 3 is 2.62 bits per heavy atom. The van der Waals surface area contributed by atoms with Crippen LogP contribution in [-0.2, 0) is 4.79 Å². The maximum atomic E-state index is 14.0. The van der Waals surface area contributed by atoms with Crippen LogP contribution in [-0.4, -0.2) is 59.1 Å². The van der Waals surface area contributed by atoms with E-state index in [1.165, 1.54) is 25.3 Å². The Kier molecular flexibility index (Phi) is 6.78. The summed E-state index contributed by atoms with van der Waals surface area (Å²) in [6.45, 7) is 1.37. The molecule has 2 amide bonds. The zero-order valence-corrected chi connectivity index (χ0v) is 17.9. The predicted molar refractivity (Wildman–Crippen MR) is 112 cm³/mol. The van der Waals surface area contributed by atoms with E-state index in [2.05, 4.69) is 25.7 Å². The molecule has 1 aromatic heterocycles. The van der Waals surface area contributed by atoms with E-state index < -0.39 is 23.5 Å². The molecule has 1 saturated carbocycles. The largest absolute Gasteiger partial charge is 0.412 e. The highest BCUT2D eigenvalue weighted by Crippen LogP contribution is 2.28. The van der Waals surface area contributed by atoms with E-state index in [1.807, 2.05) is 0 Å².